The molecule has 0 radical (unpaired) electrons. The van der Waals surface area contributed by atoms with E-state index in [4.69, 9.17) is 0 Å². The maximum absolute atomic E-state index is 12.8. The summed E-state index contributed by atoms with van der Waals surface area (Å²) in [7, 11) is 0. The van der Waals surface area contributed by atoms with Crippen molar-refractivity contribution in [2.24, 2.45) is 5.92 Å². The third-order valence-corrected chi connectivity index (χ3v) is 5.21. The van der Waals surface area contributed by atoms with E-state index in [1.807, 2.05) is 28.6 Å². The standard InChI is InChI=1S/C16H17N3OS/c20-15(19-9-6-12-3-1-2-4-14(12)19)13-5-8-18(11-13)16-17-7-10-21-16/h1-4,7,10,13H,5-6,8-9,11H2. The highest BCUT2D eigenvalue weighted by Crippen LogP contribution is 2.32. The lowest BCUT2D eigenvalue weighted by Gasteiger charge is -2.21. The zero-order valence-corrected chi connectivity index (χ0v) is 12.6. The molecule has 2 aliphatic rings. The van der Waals surface area contributed by atoms with Gasteiger partial charge in [0.2, 0.25) is 5.91 Å². The minimum atomic E-state index is 0.0973. The summed E-state index contributed by atoms with van der Waals surface area (Å²) in [4.78, 5) is 21.4. The van der Waals surface area contributed by atoms with E-state index in [9.17, 15) is 4.79 Å². The number of rotatable bonds is 2. The van der Waals surface area contributed by atoms with Gasteiger partial charge in [-0.3, -0.25) is 4.79 Å². The highest BCUT2D eigenvalue weighted by molar-refractivity contribution is 7.13. The molecule has 2 aromatic rings. The molecule has 3 heterocycles. The van der Waals surface area contributed by atoms with Gasteiger partial charge >= 0.3 is 0 Å². The van der Waals surface area contributed by atoms with Crippen LogP contribution < -0.4 is 9.80 Å². The number of para-hydroxylation sites is 1. The monoisotopic (exact) mass is 299 g/mol. The van der Waals surface area contributed by atoms with Crippen LogP contribution in [0, 0.1) is 5.92 Å². The highest BCUT2D eigenvalue weighted by Gasteiger charge is 2.35. The number of anilines is 2. The lowest BCUT2D eigenvalue weighted by atomic mass is 10.1. The Labute approximate surface area is 128 Å². The number of nitrogens with zero attached hydrogens (tertiary/aromatic N) is 3. The van der Waals surface area contributed by atoms with E-state index in [2.05, 4.69) is 22.0 Å². The molecule has 0 bridgehead atoms. The molecule has 2 aliphatic heterocycles. The third-order valence-electron chi connectivity index (χ3n) is 4.38. The molecule has 0 spiro atoms. The van der Waals surface area contributed by atoms with E-state index in [-0.39, 0.29) is 11.8 Å². The van der Waals surface area contributed by atoms with Gasteiger partial charge in [0, 0.05) is 36.9 Å². The van der Waals surface area contributed by atoms with Crippen LogP contribution in [-0.2, 0) is 11.2 Å². The fourth-order valence-electron chi connectivity index (χ4n) is 3.30. The molecule has 4 rings (SSSR count). The van der Waals surface area contributed by atoms with E-state index < -0.39 is 0 Å². The Morgan fingerprint density at radius 2 is 2.19 bits per heavy atom. The van der Waals surface area contributed by atoms with Crippen molar-refractivity contribution in [1.82, 2.24) is 4.98 Å². The number of benzene rings is 1. The van der Waals surface area contributed by atoms with Crippen molar-refractivity contribution in [3.8, 4) is 0 Å². The van der Waals surface area contributed by atoms with E-state index in [1.165, 1.54) is 5.56 Å². The number of carbonyl (C=O) groups excluding carboxylic acids is 1. The smallest absolute Gasteiger partial charge is 0.231 e. The van der Waals surface area contributed by atoms with Crippen LogP contribution in [0.1, 0.15) is 12.0 Å². The summed E-state index contributed by atoms with van der Waals surface area (Å²) in [6, 6.07) is 8.25. The molecule has 108 valence electrons. The summed E-state index contributed by atoms with van der Waals surface area (Å²) < 4.78 is 0. The number of hydrogen-bond donors (Lipinski definition) is 0. The first-order chi connectivity index (χ1) is 10.3. The zero-order chi connectivity index (χ0) is 14.2. The second-order valence-corrected chi connectivity index (χ2v) is 6.49. The van der Waals surface area contributed by atoms with Gasteiger partial charge in [-0.1, -0.05) is 18.2 Å². The quantitative estimate of drug-likeness (QED) is 0.855. The Hall–Kier alpha value is -1.88. The SMILES string of the molecule is O=C(C1CCN(c2nccs2)C1)N1CCc2ccccc21. The van der Waals surface area contributed by atoms with Gasteiger partial charge in [0.25, 0.3) is 0 Å². The van der Waals surface area contributed by atoms with Gasteiger partial charge in [0.15, 0.2) is 5.13 Å². The Kier molecular flexibility index (Phi) is 3.15. The van der Waals surface area contributed by atoms with Crippen molar-refractivity contribution in [2.75, 3.05) is 29.4 Å². The molecule has 0 aliphatic carbocycles. The molecule has 21 heavy (non-hydrogen) atoms. The number of aromatic nitrogens is 1. The van der Waals surface area contributed by atoms with Crippen molar-refractivity contribution >= 4 is 28.1 Å². The summed E-state index contributed by atoms with van der Waals surface area (Å²) in [5.41, 5.74) is 2.40. The van der Waals surface area contributed by atoms with Gasteiger partial charge in [-0.25, -0.2) is 4.98 Å². The first-order valence-electron chi connectivity index (χ1n) is 7.36. The fourth-order valence-corrected chi connectivity index (χ4v) is 3.98. The largest absolute Gasteiger partial charge is 0.347 e. The Morgan fingerprint density at radius 1 is 1.29 bits per heavy atom. The second kappa shape index (κ2) is 5.15. The fraction of sp³-hybridized carbons (Fsp3) is 0.375. The van der Waals surface area contributed by atoms with Crippen LogP contribution in [0.5, 0.6) is 0 Å². The summed E-state index contributed by atoms with van der Waals surface area (Å²) in [6.45, 7) is 2.55. The van der Waals surface area contributed by atoms with Crippen molar-refractivity contribution in [3.05, 3.63) is 41.4 Å². The average Bonchev–Trinajstić information content (AvgIpc) is 3.25. The maximum atomic E-state index is 12.8. The first-order valence-corrected chi connectivity index (χ1v) is 8.24. The van der Waals surface area contributed by atoms with Crippen molar-refractivity contribution in [2.45, 2.75) is 12.8 Å². The van der Waals surface area contributed by atoms with E-state index in [1.54, 1.807) is 11.3 Å². The highest BCUT2D eigenvalue weighted by atomic mass is 32.1. The predicted octanol–water partition coefficient (Wildman–Crippen LogP) is 2.56. The number of carbonyl (C=O) groups is 1. The molecule has 1 unspecified atom stereocenters. The molecule has 1 fully saturated rings. The van der Waals surface area contributed by atoms with Crippen molar-refractivity contribution in [3.63, 3.8) is 0 Å². The molecule has 1 aromatic carbocycles. The second-order valence-electron chi connectivity index (χ2n) is 5.61. The van der Waals surface area contributed by atoms with Gasteiger partial charge < -0.3 is 9.80 Å². The number of thiazole rings is 1. The summed E-state index contributed by atoms with van der Waals surface area (Å²) in [5, 5.41) is 3.02. The topological polar surface area (TPSA) is 36.4 Å². The summed E-state index contributed by atoms with van der Waals surface area (Å²) in [6.07, 6.45) is 3.73. The lowest BCUT2D eigenvalue weighted by molar-refractivity contribution is -0.121. The summed E-state index contributed by atoms with van der Waals surface area (Å²) >= 11 is 1.64. The first kappa shape index (κ1) is 12.8. The predicted molar refractivity (Wildman–Crippen MR) is 84.9 cm³/mol. The van der Waals surface area contributed by atoms with Gasteiger partial charge in [-0.2, -0.15) is 0 Å². The van der Waals surface area contributed by atoms with E-state index in [0.717, 1.165) is 43.3 Å². The molecule has 4 nitrogen and oxygen atoms in total. The average molecular weight is 299 g/mol. The third kappa shape index (κ3) is 2.21. The maximum Gasteiger partial charge on any atom is 0.231 e. The molecule has 1 aromatic heterocycles. The van der Waals surface area contributed by atoms with Crippen LogP contribution in [0.25, 0.3) is 0 Å². The molecule has 5 heteroatoms. The molecular weight excluding hydrogens is 282 g/mol. The molecule has 0 N–H and O–H groups in total. The van der Waals surface area contributed by atoms with E-state index in [0.29, 0.717) is 0 Å². The van der Waals surface area contributed by atoms with Crippen LogP contribution in [0.4, 0.5) is 10.8 Å². The lowest BCUT2D eigenvalue weighted by Crippen LogP contribution is -2.36. The number of fused-ring (bicyclic) bond motifs is 1. The van der Waals surface area contributed by atoms with Gasteiger partial charge in [0.05, 0.1) is 5.92 Å². The molecule has 0 saturated carbocycles. The number of amides is 1. The van der Waals surface area contributed by atoms with E-state index >= 15 is 0 Å². The molecule has 1 amide bonds. The van der Waals surface area contributed by atoms with Crippen molar-refractivity contribution in [1.29, 1.82) is 0 Å². The minimum absolute atomic E-state index is 0.0973. The van der Waals surface area contributed by atoms with Crippen LogP contribution in [0.15, 0.2) is 35.8 Å². The van der Waals surface area contributed by atoms with Crippen molar-refractivity contribution < 1.29 is 4.79 Å². The van der Waals surface area contributed by atoms with Crippen LogP contribution in [-0.4, -0.2) is 30.5 Å². The van der Waals surface area contributed by atoms with Gasteiger partial charge in [-0.05, 0) is 24.5 Å². The molecular formula is C16H17N3OS. The van der Waals surface area contributed by atoms with Gasteiger partial charge in [-0.15, -0.1) is 11.3 Å². The normalized spacial score (nSPS) is 20.9. The minimum Gasteiger partial charge on any atom is -0.347 e. The summed E-state index contributed by atoms with van der Waals surface area (Å²) in [5.74, 6) is 0.374. The molecule has 1 atom stereocenters. The Bertz CT molecular complexity index is 655. The van der Waals surface area contributed by atoms with Crippen LogP contribution in [0.3, 0.4) is 0 Å². The Morgan fingerprint density at radius 3 is 3.05 bits per heavy atom. The number of hydrogen-bond acceptors (Lipinski definition) is 4. The van der Waals surface area contributed by atoms with Crippen LogP contribution >= 0.6 is 11.3 Å². The van der Waals surface area contributed by atoms with Gasteiger partial charge in [0.1, 0.15) is 0 Å². The Balaban J connectivity index is 1.50. The zero-order valence-electron chi connectivity index (χ0n) is 11.7. The molecule has 1 saturated heterocycles. The van der Waals surface area contributed by atoms with Crippen LogP contribution in [0.2, 0.25) is 0 Å².